The normalized spacial score (nSPS) is 27.6. The molecule has 6 aliphatic rings. The van der Waals surface area contributed by atoms with E-state index in [0.717, 1.165) is 90.5 Å². The minimum absolute atomic E-state index is 0.244. The van der Waals surface area contributed by atoms with Gasteiger partial charge in [0.15, 0.2) is 0 Å². The molecule has 5 aliphatic heterocycles. The smallest absolute Gasteiger partial charge is 0.0812 e. The van der Waals surface area contributed by atoms with Crippen molar-refractivity contribution in [3.8, 4) is 0 Å². The zero-order chi connectivity index (χ0) is 46.9. The predicted octanol–water partition coefficient (Wildman–Crippen LogP) is 7.25. The topological polar surface area (TPSA) is 161 Å². The first-order valence-corrected chi connectivity index (χ1v) is 25.7. The Morgan fingerprint density at radius 3 is 1.19 bits per heavy atom. The second-order valence-electron chi connectivity index (χ2n) is 21.5. The van der Waals surface area contributed by atoms with Crippen molar-refractivity contribution in [1.29, 1.82) is 0 Å². The number of aliphatic hydroxyl groups is 5. The van der Waals surface area contributed by atoms with E-state index in [0.29, 0.717) is 24.0 Å². The molecule has 8 rings (SSSR count). The summed E-state index contributed by atoms with van der Waals surface area (Å²) < 4.78 is 0. The van der Waals surface area contributed by atoms with E-state index in [-0.39, 0.29) is 12.1 Å². The number of benzene rings is 2. The average Bonchev–Trinajstić information content (AvgIpc) is 4.13. The van der Waals surface area contributed by atoms with Crippen LogP contribution in [-0.2, 0) is 12.8 Å². The highest BCUT2D eigenvalue weighted by Gasteiger charge is 2.42. The SMILES string of the molecule is CC(C)(O)[C@@H]1CCCN1.CCC(O)(CC)[C@@H]1CCCN1.C[C@@](O)(C1CCCC1)[C@@H]1CCCN1.C[C@@](O)(Cc1ccccc1)[C@@H]1CCCN1.Cc1ccc(C[C@@](C)(O)[C@@H]2CCCN2)cc1. The summed E-state index contributed by atoms with van der Waals surface area (Å²) in [5.41, 5.74) is 0.992. The van der Waals surface area contributed by atoms with Gasteiger partial charge in [0, 0.05) is 43.1 Å². The number of hydrogen-bond acceptors (Lipinski definition) is 10. The van der Waals surface area contributed by atoms with E-state index in [1.54, 1.807) is 0 Å². The molecule has 0 amide bonds. The summed E-state index contributed by atoms with van der Waals surface area (Å²) >= 11 is 0. The largest absolute Gasteiger partial charge is 0.389 e. The molecule has 2 aromatic rings. The quantitative estimate of drug-likeness (QED) is 0.105. The van der Waals surface area contributed by atoms with Crippen LogP contribution in [0.2, 0.25) is 0 Å². The molecule has 0 unspecified atom stereocenters. The summed E-state index contributed by atoms with van der Waals surface area (Å²) in [4.78, 5) is 0. The number of aryl methyl sites for hydroxylation is 1. The zero-order valence-electron chi connectivity index (χ0n) is 41.7. The van der Waals surface area contributed by atoms with E-state index < -0.39 is 28.0 Å². The Labute approximate surface area is 390 Å². The van der Waals surface area contributed by atoms with Crippen molar-refractivity contribution >= 4 is 0 Å². The van der Waals surface area contributed by atoms with Crippen LogP contribution in [0, 0.1) is 12.8 Å². The standard InChI is InChI=1S/C14H21NO.C13H19NO.C11H21NO.C9H19NO.C7H15NO/c1-11-5-7-12(8-6-11)10-14(2,16)13-4-3-9-15-13;1-13(15,12-8-5-9-14-12)10-11-6-3-2-4-7-11;1-11(13,9-5-2-3-6-9)10-7-4-8-12-10;1-3-9(11,4-2)8-6-5-7-10-8;1-7(2,9)6-4-3-5-8-6/h5-8,13,15-16H,3-4,9-10H2,1-2H3;2-4,6-7,12,14-15H,5,8-10H2,1H3;9-10,12-13H,2-8H2,1H3;8,10-11H,3-7H2,1-2H3;6,8-9H,3-5H2,1-2H3/t13-,14+;12-,13+;10-,11+;8-;6-/m00000/s1. The molecule has 1 aliphatic carbocycles. The number of nitrogens with one attached hydrogen (secondary N) is 5. The van der Waals surface area contributed by atoms with Crippen LogP contribution in [0.1, 0.15) is 168 Å². The average molecular weight is 894 g/mol. The van der Waals surface area contributed by atoms with E-state index in [4.69, 9.17) is 0 Å². The van der Waals surface area contributed by atoms with Gasteiger partial charge in [-0.05, 0) is 181 Å². The van der Waals surface area contributed by atoms with Crippen molar-refractivity contribution in [2.75, 3.05) is 32.7 Å². The van der Waals surface area contributed by atoms with Crippen LogP contribution in [0.5, 0.6) is 0 Å². The molecule has 5 heterocycles. The van der Waals surface area contributed by atoms with Gasteiger partial charge in [0.05, 0.1) is 28.0 Å². The molecule has 64 heavy (non-hydrogen) atoms. The summed E-state index contributed by atoms with van der Waals surface area (Å²) in [5, 5.41) is 67.6. The van der Waals surface area contributed by atoms with Crippen molar-refractivity contribution in [3.05, 3.63) is 71.3 Å². The van der Waals surface area contributed by atoms with Gasteiger partial charge in [-0.1, -0.05) is 86.8 Å². The molecule has 6 fully saturated rings. The summed E-state index contributed by atoms with van der Waals surface area (Å²) in [5.74, 6) is 0.545. The summed E-state index contributed by atoms with van der Waals surface area (Å²) in [6.07, 6.45) is 19.8. The molecule has 0 spiro atoms. The fourth-order valence-corrected chi connectivity index (χ4v) is 11.0. The third-order valence-electron chi connectivity index (χ3n) is 15.5. The van der Waals surface area contributed by atoms with Gasteiger partial charge in [0.1, 0.15) is 0 Å². The first kappa shape index (κ1) is 54.6. The van der Waals surface area contributed by atoms with Crippen LogP contribution < -0.4 is 26.6 Å². The van der Waals surface area contributed by atoms with Gasteiger partial charge >= 0.3 is 0 Å². The third kappa shape index (κ3) is 17.3. The first-order chi connectivity index (χ1) is 30.3. The van der Waals surface area contributed by atoms with Crippen molar-refractivity contribution in [1.82, 2.24) is 26.6 Å². The molecule has 0 aromatic heterocycles. The summed E-state index contributed by atoms with van der Waals surface area (Å²) in [6, 6.07) is 20.1. The highest BCUT2D eigenvalue weighted by Crippen LogP contribution is 2.38. The van der Waals surface area contributed by atoms with Gasteiger partial charge in [-0.25, -0.2) is 0 Å². The third-order valence-corrected chi connectivity index (χ3v) is 15.5. The van der Waals surface area contributed by atoms with Crippen LogP contribution in [0.4, 0.5) is 0 Å². The van der Waals surface area contributed by atoms with E-state index in [1.807, 2.05) is 52.8 Å². The molecule has 8 atom stereocenters. The highest BCUT2D eigenvalue weighted by atomic mass is 16.3. The lowest BCUT2D eigenvalue weighted by molar-refractivity contribution is -0.0276. The van der Waals surface area contributed by atoms with Crippen LogP contribution in [-0.4, -0.2) is 116 Å². The summed E-state index contributed by atoms with van der Waals surface area (Å²) in [7, 11) is 0. The monoisotopic (exact) mass is 894 g/mol. The Bertz CT molecular complexity index is 1510. The van der Waals surface area contributed by atoms with Crippen molar-refractivity contribution in [2.24, 2.45) is 5.92 Å². The molecule has 1 saturated carbocycles. The fourth-order valence-electron chi connectivity index (χ4n) is 11.0. The number of hydrogen-bond donors (Lipinski definition) is 10. The lowest BCUT2D eigenvalue weighted by Crippen LogP contribution is -2.50. The molecule has 366 valence electrons. The minimum atomic E-state index is -0.633. The van der Waals surface area contributed by atoms with Gasteiger partial charge in [-0.15, -0.1) is 0 Å². The van der Waals surface area contributed by atoms with Crippen LogP contribution in [0.25, 0.3) is 0 Å². The van der Waals surface area contributed by atoms with Crippen LogP contribution in [0.15, 0.2) is 54.6 Å². The number of rotatable bonds is 12. The lowest BCUT2D eigenvalue weighted by Gasteiger charge is -2.35. The minimum Gasteiger partial charge on any atom is -0.389 e. The Kier molecular flexibility index (Phi) is 22.2. The van der Waals surface area contributed by atoms with E-state index in [1.165, 1.54) is 74.5 Å². The molecule has 5 saturated heterocycles. The first-order valence-electron chi connectivity index (χ1n) is 25.7. The van der Waals surface area contributed by atoms with Crippen LogP contribution >= 0.6 is 0 Å². The Balaban J connectivity index is 0.000000178. The van der Waals surface area contributed by atoms with Crippen molar-refractivity contribution < 1.29 is 25.5 Å². The maximum atomic E-state index is 10.5. The maximum absolute atomic E-state index is 10.5. The molecule has 10 N–H and O–H groups in total. The van der Waals surface area contributed by atoms with E-state index >= 15 is 0 Å². The van der Waals surface area contributed by atoms with Crippen molar-refractivity contribution in [2.45, 2.75) is 229 Å². The highest BCUT2D eigenvalue weighted by molar-refractivity contribution is 5.23. The second kappa shape index (κ2) is 26.0. The molecule has 10 nitrogen and oxygen atoms in total. The van der Waals surface area contributed by atoms with Gasteiger partial charge in [0.25, 0.3) is 0 Å². The second-order valence-corrected chi connectivity index (χ2v) is 21.5. The van der Waals surface area contributed by atoms with Gasteiger partial charge in [-0.2, -0.15) is 0 Å². The Morgan fingerprint density at radius 2 is 0.828 bits per heavy atom. The van der Waals surface area contributed by atoms with Crippen molar-refractivity contribution in [3.63, 3.8) is 0 Å². The Morgan fingerprint density at radius 1 is 0.453 bits per heavy atom. The molecule has 2 aromatic carbocycles. The van der Waals surface area contributed by atoms with Gasteiger partial charge in [0.2, 0.25) is 0 Å². The summed E-state index contributed by atoms with van der Waals surface area (Å²) in [6.45, 7) is 21.1. The predicted molar refractivity (Wildman–Crippen MR) is 266 cm³/mol. The lowest BCUT2D eigenvalue weighted by atomic mass is 9.81. The molecule has 0 bridgehead atoms. The Hall–Kier alpha value is -1.96. The zero-order valence-corrected chi connectivity index (χ0v) is 41.7. The van der Waals surface area contributed by atoms with Gasteiger partial charge < -0.3 is 52.1 Å². The molecule has 0 radical (unpaired) electrons. The molecule has 10 heteroatoms. The van der Waals surface area contributed by atoms with Crippen LogP contribution in [0.3, 0.4) is 0 Å². The fraction of sp³-hybridized carbons (Fsp3) is 0.778. The maximum Gasteiger partial charge on any atom is 0.0812 e. The molecular weight excluding hydrogens is 799 g/mol. The van der Waals surface area contributed by atoms with E-state index in [9.17, 15) is 25.5 Å². The van der Waals surface area contributed by atoms with Gasteiger partial charge in [-0.3, -0.25) is 0 Å². The molecular formula is C54H95N5O5. The van der Waals surface area contributed by atoms with E-state index in [2.05, 4.69) is 83.8 Å².